The van der Waals surface area contributed by atoms with Gasteiger partial charge in [-0.25, -0.2) is 4.79 Å². The molecule has 0 heterocycles. The molecule has 0 spiro atoms. The van der Waals surface area contributed by atoms with E-state index in [4.69, 9.17) is 17.3 Å². The van der Waals surface area contributed by atoms with Crippen molar-refractivity contribution in [1.29, 1.82) is 0 Å². The van der Waals surface area contributed by atoms with Gasteiger partial charge in [-0.05, 0) is 19.1 Å². The first-order chi connectivity index (χ1) is 6.07. The lowest BCUT2D eigenvalue weighted by molar-refractivity contribution is -0.129. The van der Waals surface area contributed by atoms with Crippen molar-refractivity contribution in [1.82, 2.24) is 10.7 Å². The van der Waals surface area contributed by atoms with Crippen molar-refractivity contribution in [3.05, 3.63) is 12.7 Å². The molecule has 0 atom stereocenters. The van der Waals surface area contributed by atoms with Gasteiger partial charge in [0.2, 0.25) is 0 Å². The Labute approximate surface area is 81.5 Å². The fraction of sp³-hybridized carbons (Fsp3) is 0.286. The summed E-state index contributed by atoms with van der Waals surface area (Å²) in [5, 5.41) is 14.9. The average molecular weight is 201 g/mol. The summed E-state index contributed by atoms with van der Waals surface area (Å²) in [6.07, 6.45) is 1.63. The molecule has 0 rings (SSSR count). The Kier molecular flexibility index (Phi) is 5.45. The van der Waals surface area contributed by atoms with Crippen LogP contribution in [0.5, 0.6) is 0 Å². The highest BCUT2D eigenvalue weighted by Gasteiger charge is 2.00. The molecule has 0 aliphatic heterocycles. The van der Waals surface area contributed by atoms with E-state index in [0.29, 0.717) is 6.54 Å². The second-order valence-electron chi connectivity index (χ2n) is 2.11. The maximum absolute atomic E-state index is 10.3. The molecule has 6 heteroatoms. The number of carboxylic acid groups (broad SMARTS) is 1. The van der Waals surface area contributed by atoms with Crippen LogP contribution in [0.4, 0.5) is 0 Å². The van der Waals surface area contributed by atoms with Crippen molar-refractivity contribution in [2.75, 3.05) is 6.54 Å². The van der Waals surface area contributed by atoms with Crippen molar-refractivity contribution in [3.63, 3.8) is 0 Å². The number of nitrogens with zero attached hydrogens (tertiary/aromatic N) is 1. The summed E-state index contributed by atoms with van der Waals surface area (Å²) < 4.78 is 0. The Hall–Kier alpha value is -1.43. The van der Waals surface area contributed by atoms with Crippen LogP contribution in [-0.2, 0) is 4.79 Å². The molecule has 0 aliphatic carbocycles. The lowest BCUT2D eigenvalue weighted by Gasteiger charge is -2.03. The number of hydrazone groups is 1. The predicted octanol–water partition coefficient (Wildman–Crippen LogP) is 0.0970. The first kappa shape index (κ1) is 11.6. The summed E-state index contributed by atoms with van der Waals surface area (Å²) in [7, 11) is 0. The summed E-state index contributed by atoms with van der Waals surface area (Å²) in [6.45, 7) is 5.35. The number of carbonyl (C=O) groups is 1. The molecule has 0 unspecified atom stereocenters. The van der Waals surface area contributed by atoms with Gasteiger partial charge in [-0.3, -0.25) is 5.43 Å². The quantitative estimate of drug-likeness (QED) is 0.260. The fourth-order valence-electron chi connectivity index (χ4n) is 0.387. The minimum absolute atomic E-state index is 0.0530. The first-order valence-corrected chi connectivity index (χ1v) is 3.91. The van der Waals surface area contributed by atoms with Crippen LogP contribution in [0.25, 0.3) is 0 Å². The van der Waals surface area contributed by atoms with E-state index in [0.717, 1.165) is 0 Å². The highest BCUT2D eigenvalue weighted by Crippen LogP contribution is 1.75. The van der Waals surface area contributed by atoms with Crippen molar-refractivity contribution in [2.45, 2.75) is 6.92 Å². The third-order valence-electron chi connectivity index (χ3n) is 1.04. The van der Waals surface area contributed by atoms with E-state index in [1.165, 1.54) is 6.92 Å². The zero-order chi connectivity index (χ0) is 10.3. The molecule has 0 bridgehead atoms. The molecule has 0 aromatic rings. The van der Waals surface area contributed by atoms with Crippen LogP contribution in [0.2, 0.25) is 0 Å². The third-order valence-corrected chi connectivity index (χ3v) is 1.28. The molecular formula is C7H11N3O2S. The molecule has 0 aromatic heterocycles. The summed E-state index contributed by atoms with van der Waals surface area (Å²) >= 11 is 4.75. The SMILES string of the molecule is C=CCNC(=S)N/N=C(/C)C(=O)O. The average Bonchev–Trinajstić information content (AvgIpc) is 2.10. The molecule has 0 saturated carbocycles. The van der Waals surface area contributed by atoms with Crippen LogP contribution < -0.4 is 10.7 Å². The molecule has 0 aromatic carbocycles. The Morgan fingerprint density at radius 1 is 1.77 bits per heavy atom. The largest absolute Gasteiger partial charge is 0.477 e. The third kappa shape index (κ3) is 5.80. The maximum atomic E-state index is 10.3. The van der Waals surface area contributed by atoms with Crippen LogP contribution in [0.1, 0.15) is 6.92 Å². The van der Waals surface area contributed by atoms with E-state index in [2.05, 4.69) is 22.4 Å². The number of aliphatic carboxylic acids is 1. The van der Waals surface area contributed by atoms with E-state index in [1.807, 2.05) is 0 Å². The van der Waals surface area contributed by atoms with Gasteiger partial charge in [0, 0.05) is 6.54 Å². The molecule has 0 fully saturated rings. The highest BCUT2D eigenvalue weighted by molar-refractivity contribution is 7.80. The zero-order valence-electron chi connectivity index (χ0n) is 7.20. The maximum Gasteiger partial charge on any atom is 0.351 e. The highest BCUT2D eigenvalue weighted by atomic mass is 32.1. The number of carboxylic acids is 1. The standard InChI is InChI=1S/C7H11N3O2S/c1-3-4-8-7(13)10-9-5(2)6(11)12/h3H,1,4H2,2H3,(H,11,12)(H2,8,10,13)/b9-5-. The summed E-state index contributed by atoms with van der Waals surface area (Å²) in [5.74, 6) is -1.08. The molecule has 0 amide bonds. The van der Waals surface area contributed by atoms with Gasteiger partial charge in [-0.1, -0.05) is 6.08 Å². The molecule has 13 heavy (non-hydrogen) atoms. The van der Waals surface area contributed by atoms with E-state index >= 15 is 0 Å². The Bertz CT molecular complexity index is 250. The molecule has 0 radical (unpaired) electrons. The van der Waals surface area contributed by atoms with E-state index < -0.39 is 5.97 Å². The topological polar surface area (TPSA) is 73.7 Å². The van der Waals surface area contributed by atoms with Gasteiger partial charge in [-0.2, -0.15) is 5.10 Å². The second-order valence-corrected chi connectivity index (χ2v) is 2.52. The normalized spacial score (nSPS) is 10.4. The summed E-state index contributed by atoms with van der Waals surface area (Å²) in [4.78, 5) is 10.3. The van der Waals surface area contributed by atoms with Crippen LogP contribution in [0.15, 0.2) is 17.8 Å². The van der Waals surface area contributed by atoms with Crippen LogP contribution in [0, 0.1) is 0 Å². The molecule has 72 valence electrons. The molecule has 0 aliphatic rings. The summed E-state index contributed by atoms with van der Waals surface area (Å²) in [5.41, 5.74) is 2.33. The van der Waals surface area contributed by atoms with Gasteiger partial charge in [0.25, 0.3) is 0 Å². The number of hydrogen-bond donors (Lipinski definition) is 3. The van der Waals surface area contributed by atoms with Gasteiger partial charge in [0.15, 0.2) is 5.11 Å². The van der Waals surface area contributed by atoms with Crippen molar-refractivity contribution >= 4 is 29.0 Å². The Morgan fingerprint density at radius 3 is 2.85 bits per heavy atom. The van der Waals surface area contributed by atoms with Gasteiger partial charge < -0.3 is 10.4 Å². The smallest absolute Gasteiger partial charge is 0.351 e. The lowest BCUT2D eigenvalue weighted by Crippen LogP contribution is -2.33. The van der Waals surface area contributed by atoms with Gasteiger partial charge in [-0.15, -0.1) is 6.58 Å². The number of hydrogen-bond acceptors (Lipinski definition) is 3. The van der Waals surface area contributed by atoms with Gasteiger partial charge in [0.05, 0.1) is 0 Å². The Balaban J connectivity index is 3.87. The molecule has 0 saturated heterocycles. The minimum atomic E-state index is -1.08. The first-order valence-electron chi connectivity index (χ1n) is 3.50. The monoisotopic (exact) mass is 201 g/mol. The molecule has 5 nitrogen and oxygen atoms in total. The van der Waals surface area contributed by atoms with E-state index in [9.17, 15) is 4.79 Å². The van der Waals surface area contributed by atoms with Crippen molar-refractivity contribution < 1.29 is 9.90 Å². The van der Waals surface area contributed by atoms with Crippen LogP contribution >= 0.6 is 12.2 Å². The predicted molar refractivity (Wildman–Crippen MR) is 54.7 cm³/mol. The lowest BCUT2D eigenvalue weighted by atomic mass is 10.4. The second kappa shape index (κ2) is 6.13. The molecular weight excluding hydrogens is 190 g/mol. The Morgan fingerprint density at radius 2 is 2.38 bits per heavy atom. The zero-order valence-corrected chi connectivity index (χ0v) is 8.02. The van der Waals surface area contributed by atoms with Gasteiger partial charge >= 0.3 is 5.97 Å². The molecule has 3 N–H and O–H groups in total. The van der Waals surface area contributed by atoms with E-state index in [-0.39, 0.29) is 10.8 Å². The van der Waals surface area contributed by atoms with Crippen LogP contribution in [-0.4, -0.2) is 28.4 Å². The van der Waals surface area contributed by atoms with Crippen molar-refractivity contribution in [2.24, 2.45) is 5.10 Å². The fourth-order valence-corrected chi connectivity index (χ4v) is 0.516. The summed E-state index contributed by atoms with van der Waals surface area (Å²) in [6, 6.07) is 0. The van der Waals surface area contributed by atoms with Gasteiger partial charge in [0.1, 0.15) is 5.71 Å². The number of nitrogens with one attached hydrogen (secondary N) is 2. The number of rotatable bonds is 4. The van der Waals surface area contributed by atoms with Crippen LogP contribution in [0.3, 0.4) is 0 Å². The number of thiocarbonyl (C=S) groups is 1. The van der Waals surface area contributed by atoms with E-state index in [1.54, 1.807) is 6.08 Å². The minimum Gasteiger partial charge on any atom is -0.477 e. The van der Waals surface area contributed by atoms with Crippen molar-refractivity contribution in [3.8, 4) is 0 Å².